The van der Waals surface area contributed by atoms with Gasteiger partial charge in [-0.05, 0) is 51.3 Å². The molecule has 1 aromatic heterocycles. The smallest absolute Gasteiger partial charge is 0.159 e. The van der Waals surface area contributed by atoms with Crippen molar-refractivity contribution >= 4 is 0 Å². The van der Waals surface area contributed by atoms with Crippen LogP contribution in [0.25, 0.3) is 11.4 Å². The third-order valence-electron chi connectivity index (χ3n) is 4.05. The maximum absolute atomic E-state index is 4.78. The highest BCUT2D eigenvalue weighted by Crippen LogP contribution is 2.25. The summed E-state index contributed by atoms with van der Waals surface area (Å²) in [5, 5.41) is 3.27. The second-order valence-corrected chi connectivity index (χ2v) is 5.70. The minimum atomic E-state index is 0.723. The van der Waals surface area contributed by atoms with Crippen molar-refractivity contribution in [3.05, 3.63) is 47.3 Å². The van der Waals surface area contributed by atoms with Gasteiger partial charge in [0.25, 0.3) is 0 Å². The van der Waals surface area contributed by atoms with E-state index in [9.17, 15) is 0 Å². The number of hydrogen-bond donors (Lipinski definition) is 1. The first-order valence-corrected chi connectivity index (χ1v) is 7.32. The van der Waals surface area contributed by atoms with Crippen LogP contribution in [0.15, 0.2) is 30.5 Å². The van der Waals surface area contributed by atoms with E-state index < -0.39 is 0 Å². The van der Waals surface area contributed by atoms with E-state index in [2.05, 4.69) is 41.5 Å². The van der Waals surface area contributed by atoms with Gasteiger partial charge in [0, 0.05) is 17.5 Å². The van der Waals surface area contributed by atoms with Gasteiger partial charge in [-0.1, -0.05) is 29.8 Å². The van der Waals surface area contributed by atoms with Gasteiger partial charge in [0.1, 0.15) is 0 Å². The van der Waals surface area contributed by atoms with Gasteiger partial charge in [-0.25, -0.2) is 9.97 Å². The van der Waals surface area contributed by atoms with Crippen molar-refractivity contribution in [3.8, 4) is 11.4 Å². The lowest BCUT2D eigenvalue weighted by Crippen LogP contribution is -2.25. The molecule has 1 unspecified atom stereocenters. The minimum absolute atomic E-state index is 0.723. The molecule has 20 heavy (non-hydrogen) atoms. The molecule has 3 rings (SSSR count). The van der Waals surface area contributed by atoms with Crippen molar-refractivity contribution < 1.29 is 0 Å². The van der Waals surface area contributed by atoms with E-state index in [-0.39, 0.29) is 0 Å². The van der Waals surface area contributed by atoms with Gasteiger partial charge in [0.15, 0.2) is 5.82 Å². The Morgan fingerprint density at radius 2 is 2.05 bits per heavy atom. The Labute approximate surface area is 120 Å². The Morgan fingerprint density at radius 3 is 2.80 bits per heavy atom. The van der Waals surface area contributed by atoms with Crippen LogP contribution in [0.1, 0.15) is 23.2 Å². The monoisotopic (exact) mass is 267 g/mol. The van der Waals surface area contributed by atoms with Gasteiger partial charge in [-0.3, -0.25) is 0 Å². The second kappa shape index (κ2) is 5.71. The molecule has 1 atom stereocenters. The van der Waals surface area contributed by atoms with Gasteiger partial charge in [0.2, 0.25) is 0 Å². The summed E-state index contributed by atoms with van der Waals surface area (Å²) in [6, 6.07) is 8.43. The van der Waals surface area contributed by atoms with Gasteiger partial charge in [-0.15, -0.1) is 0 Å². The normalized spacial score (nSPS) is 17.8. The van der Waals surface area contributed by atoms with Crippen LogP contribution in [0, 0.1) is 12.8 Å². The summed E-state index contributed by atoms with van der Waals surface area (Å²) in [6.45, 7) is 3.18. The van der Waals surface area contributed by atoms with E-state index >= 15 is 0 Å². The van der Waals surface area contributed by atoms with Gasteiger partial charge in [0.05, 0.1) is 0 Å². The average molecular weight is 267 g/mol. The van der Waals surface area contributed by atoms with E-state index in [1.807, 2.05) is 13.2 Å². The van der Waals surface area contributed by atoms with Crippen molar-refractivity contribution in [2.45, 2.75) is 26.2 Å². The van der Waals surface area contributed by atoms with E-state index in [1.54, 1.807) is 0 Å². The molecule has 0 fully saturated rings. The fraction of sp³-hybridized carbons (Fsp3) is 0.412. The molecule has 0 spiro atoms. The fourth-order valence-electron chi connectivity index (χ4n) is 2.89. The number of nitrogens with zero attached hydrogens (tertiary/aromatic N) is 2. The summed E-state index contributed by atoms with van der Waals surface area (Å²) in [4.78, 5) is 9.33. The lowest BCUT2D eigenvalue weighted by molar-refractivity contribution is 0.434. The largest absolute Gasteiger partial charge is 0.319 e. The van der Waals surface area contributed by atoms with Crippen LogP contribution in [-0.2, 0) is 12.8 Å². The predicted octanol–water partition coefficient (Wildman–Crippen LogP) is 2.78. The van der Waals surface area contributed by atoms with Crippen molar-refractivity contribution in [2.75, 3.05) is 13.6 Å². The number of benzene rings is 1. The molecule has 0 aliphatic heterocycles. The molecule has 0 radical (unpaired) electrons. The summed E-state index contributed by atoms with van der Waals surface area (Å²) in [7, 11) is 2.02. The fourth-order valence-corrected chi connectivity index (χ4v) is 2.89. The standard InChI is InChI=1S/C17H21N3/c1-12-3-6-14(7-4-12)17-19-11-15-9-13(10-18-2)5-8-16(15)20-17/h3-4,6-7,11,13,18H,5,8-10H2,1-2H3. The number of hydrogen-bond acceptors (Lipinski definition) is 3. The molecule has 3 nitrogen and oxygen atoms in total. The molecule has 104 valence electrons. The summed E-state index contributed by atoms with van der Waals surface area (Å²) in [5.74, 6) is 1.58. The topological polar surface area (TPSA) is 37.8 Å². The maximum atomic E-state index is 4.78. The summed E-state index contributed by atoms with van der Waals surface area (Å²) in [5.41, 5.74) is 4.94. The molecular formula is C17H21N3. The highest BCUT2D eigenvalue weighted by atomic mass is 14.9. The number of fused-ring (bicyclic) bond motifs is 1. The van der Waals surface area contributed by atoms with Crippen LogP contribution in [-0.4, -0.2) is 23.6 Å². The van der Waals surface area contributed by atoms with E-state index in [0.29, 0.717) is 0 Å². The molecule has 1 aromatic carbocycles. The predicted molar refractivity (Wildman–Crippen MR) is 81.6 cm³/mol. The zero-order valence-corrected chi connectivity index (χ0v) is 12.2. The first-order valence-electron chi connectivity index (χ1n) is 7.32. The lowest BCUT2D eigenvalue weighted by Gasteiger charge is -2.23. The number of rotatable bonds is 3. The molecule has 0 amide bonds. The van der Waals surface area contributed by atoms with Crippen molar-refractivity contribution in [1.29, 1.82) is 0 Å². The van der Waals surface area contributed by atoms with Gasteiger partial charge >= 0.3 is 0 Å². The molecule has 3 heteroatoms. The molecule has 2 aromatic rings. The van der Waals surface area contributed by atoms with E-state index in [1.165, 1.54) is 23.2 Å². The highest BCUT2D eigenvalue weighted by molar-refractivity contribution is 5.55. The van der Waals surface area contributed by atoms with E-state index in [0.717, 1.165) is 36.7 Å². The van der Waals surface area contributed by atoms with Crippen LogP contribution >= 0.6 is 0 Å². The van der Waals surface area contributed by atoms with Crippen LogP contribution in [0.2, 0.25) is 0 Å². The molecule has 0 bridgehead atoms. The average Bonchev–Trinajstić information content (AvgIpc) is 2.48. The van der Waals surface area contributed by atoms with Crippen molar-refractivity contribution in [1.82, 2.24) is 15.3 Å². The van der Waals surface area contributed by atoms with Gasteiger partial charge < -0.3 is 5.32 Å². The Balaban J connectivity index is 1.85. The Kier molecular flexibility index (Phi) is 3.79. The van der Waals surface area contributed by atoms with Crippen LogP contribution in [0.4, 0.5) is 0 Å². The molecule has 1 aliphatic rings. The molecule has 1 N–H and O–H groups in total. The summed E-state index contributed by atoms with van der Waals surface area (Å²) in [6.07, 6.45) is 5.42. The summed E-state index contributed by atoms with van der Waals surface area (Å²) >= 11 is 0. The van der Waals surface area contributed by atoms with Crippen molar-refractivity contribution in [2.24, 2.45) is 5.92 Å². The first kappa shape index (κ1) is 13.3. The molecule has 0 saturated heterocycles. The lowest BCUT2D eigenvalue weighted by atomic mass is 9.87. The van der Waals surface area contributed by atoms with Gasteiger partial charge in [-0.2, -0.15) is 0 Å². The highest BCUT2D eigenvalue weighted by Gasteiger charge is 2.20. The third-order valence-corrected chi connectivity index (χ3v) is 4.05. The zero-order valence-electron chi connectivity index (χ0n) is 12.2. The third kappa shape index (κ3) is 2.73. The van der Waals surface area contributed by atoms with Crippen LogP contribution in [0.3, 0.4) is 0 Å². The van der Waals surface area contributed by atoms with Crippen LogP contribution in [0.5, 0.6) is 0 Å². The molecular weight excluding hydrogens is 246 g/mol. The Hall–Kier alpha value is -1.74. The Morgan fingerprint density at radius 1 is 1.25 bits per heavy atom. The minimum Gasteiger partial charge on any atom is -0.319 e. The SMILES string of the molecule is CNCC1CCc2nc(-c3ccc(C)cc3)ncc2C1. The van der Waals surface area contributed by atoms with Crippen LogP contribution < -0.4 is 5.32 Å². The number of aryl methyl sites for hydroxylation is 2. The van der Waals surface area contributed by atoms with Crippen molar-refractivity contribution in [3.63, 3.8) is 0 Å². The summed E-state index contributed by atoms with van der Waals surface area (Å²) < 4.78 is 0. The Bertz CT molecular complexity index is 590. The molecule has 1 aliphatic carbocycles. The first-order chi connectivity index (χ1) is 9.76. The molecule has 1 heterocycles. The maximum Gasteiger partial charge on any atom is 0.159 e. The zero-order chi connectivity index (χ0) is 13.9. The quantitative estimate of drug-likeness (QED) is 0.929. The number of aromatic nitrogens is 2. The molecule has 0 saturated carbocycles. The van der Waals surface area contributed by atoms with E-state index in [4.69, 9.17) is 4.98 Å². The number of nitrogens with one attached hydrogen (secondary N) is 1. The second-order valence-electron chi connectivity index (χ2n) is 5.70.